The number of hydrogen-bond donors (Lipinski definition) is 5. The number of alkyl carbamates (subject to hydrolysis) is 1. The SMILES string of the molecule is O=C(NC(c1ccccc1)c1cccc(OCCCCCCNCC(O)c2ccc(O)c3[nH]c(=O)ccc23)c1)O[C@H]1C[N+]2(CC(=O)c3ccccc3)CCC1CC2. The molecule has 298 valence electrons. The molecular formula is C46H53N4O7+. The molecule has 3 fully saturated rings. The van der Waals surface area contributed by atoms with Gasteiger partial charge in [-0.25, -0.2) is 4.79 Å². The van der Waals surface area contributed by atoms with Crippen LogP contribution in [0.2, 0.25) is 0 Å². The van der Waals surface area contributed by atoms with Gasteiger partial charge in [-0.15, -0.1) is 0 Å². The van der Waals surface area contributed by atoms with Crippen LogP contribution in [0.3, 0.4) is 0 Å². The molecule has 0 spiro atoms. The second-order valence-electron chi connectivity index (χ2n) is 15.5. The zero-order valence-electron chi connectivity index (χ0n) is 32.3. The van der Waals surface area contributed by atoms with Crippen molar-refractivity contribution < 1.29 is 33.8 Å². The first-order valence-corrected chi connectivity index (χ1v) is 20.2. The lowest BCUT2D eigenvalue weighted by molar-refractivity contribution is -0.938. The van der Waals surface area contributed by atoms with E-state index in [0.29, 0.717) is 53.1 Å². The van der Waals surface area contributed by atoms with Crippen LogP contribution in [0.15, 0.2) is 114 Å². The Labute approximate surface area is 333 Å². The molecule has 8 rings (SSSR count). The quantitative estimate of drug-likeness (QED) is 0.0371. The number of fused-ring (bicyclic) bond motifs is 4. The van der Waals surface area contributed by atoms with Crippen molar-refractivity contribution >= 4 is 22.8 Å². The molecule has 1 aromatic heterocycles. The van der Waals surface area contributed by atoms with Gasteiger partial charge in [-0.3, -0.25) is 9.59 Å². The first-order chi connectivity index (χ1) is 27.8. The molecule has 4 heterocycles. The average Bonchev–Trinajstić information content (AvgIpc) is 3.23. The van der Waals surface area contributed by atoms with Gasteiger partial charge in [-0.2, -0.15) is 0 Å². The van der Waals surface area contributed by atoms with Crippen LogP contribution in [0.25, 0.3) is 10.9 Å². The molecule has 0 saturated carbocycles. The van der Waals surface area contributed by atoms with Crippen LogP contribution < -0.4 is 20.9 Å². The van der Waals surface area contributed by atoms with Crippen molar-refractivity contribution in [2.24, 2.45) is 5.92 Å². The first-order valence-electron chi connectivity index (χ1n) is 20.2. The van der Waals surface area contributed by atoms with Crippen molar-refractivity contribution in [3.63, 3.8) is 0 Å². The zero-order valence-corrected chi connectivity index (χ0v) is 32.3. The summed E-state index contributed by atoms with van der Waals surface area (Å²) in [7, 11) is 0. The van der Waals surface area contributed by atoms with Gasteiger partial charge in [0.15, 0.2) is 6.10 Å². The van der Waals surface area contributed by atoms with Gasteiger partial charge in [0.2, 0.25) is 11.3 Å². The smallest absolute Gasteiger partial charge is 0.408 e. The second-order valence-corrected chi connectivity index (χ2v) is 15.5. The summed E-state index contributed by atoms with van der Waals surface area (Å²) in [5.41, 5.74) is 3.22. The van der Waals surface area contributed by atoms with Crippen molar-refractivity contribution in [2.45, 2.75) is 56.8 Å². The Balaban J connectivity index is 0.865. The minimum Gasteiger partial charge on any atom is -0.506 e. The molecular weight excluding hydrogens is 721 g/mol. The van der Waals surface area contributed by atoms with Gasteiger partial charge >= 0.3 is 6.09 Å². The lowest BCUT2D eigenvalue weighted by Crippen LogP contribution is -2.66. The number of H-pyrrole nitrogens is 1. The summed E-state index contributed by atoms with van der Waals surface area (Å²) in [6.07, 6.45) is 4.21. The molecule has 3 saturated heterocycles. The number of pyridine rings is 1. The van der Waals surface area contributed by atoms with Gasteiger partial charge in [-0.1, -0.05) is 91.7 Å². The number of carbonyl (C=O) groups excluding carboxylic acids is 2. The summed E-state index contributed by atoms with van der Waals surface area (Å²) in [4.78, 5) is 41.1. The lowest BCUT2D eigenvalue weighted by Gasteiger charge is -2.51. The fourth-order valence-electron chi connectivity index (χ4n) is 8.47. The Kier molecular flexibility index (Phi) is 13.0. The standard InChI is InChI=1S/C46H52N4O7/c51-39-20-18-37(38-19-21-43(54)48-45(38)39)40(52)29-47-24-9-1-2-10-27-56-36-17-11-16-35(28-36)44(34-14-7-4-8-15-34)49-46(55)57-42-31-50(25-22-33(42)23-26-50)30-41(53)32-12-5-3-6-13-32/h3-8,11-21,28,33,40,42,44,47,52H,1-2,9-10,22-27,29-31H2,(H2-,48,49,51,54,55)/p+1/t33?,40?,42-,44?,50?/m0/s1. The minimum absolute atomic E-state index is 0.0283. The number of aromatic amines is 1. The number of phenols is 1. The van der Waals surface area contributed by atoms with Crippen molar-refractivity contribution in [2.75, 3.05) is 45.9 Å². The predicted molar refractivity (Wildman–Crippen MR) is 219 cm³/mol. The number of phenolic OH excluding ortho intramolecular Hbond substituents is 1. The zero-order chi connectivity index (χ0) is 39.6. The summed E-state index contributed by atoms with van der Waals surface area (Å²) in [6.45, 7) is 4.60. The highest BCUT2D eigenvalue weighted by Gasteiger charge is 2.48. The molecule has 3 atom stereocenters. The van der Waals surface area contributed by atoms with Gasteiger partial charge in [0.05, 0.1) is 37.4 Å². The number of carbonyl (C=O) groups is 2. The van der Waals surface area contributed by atoms with E-state index >= 15 is 0 Å². The summed E-state index contributed by atoms with van der Waals surface area (Å²) in [5.74, 6) is 1.14. The number of rotatable bonds is 18. The van der Waals surface area contributed by atoms with Gasteiger partial charge in [-0.05, 0) is 60.3 Å². The lowest BCUT2D eigenvalue weighted by atomic mass is 9.83. The van der Waals surface area contributed by atoms with Gasteiger partial charge in [0.1, 0.15) is 24.6 Å². The van der Waals surface area contributed by atoms with Crippen LogP contribution in [-0.2, 0) is 4.74 Å². The monoisotopic (exact) mass is 773 g/mol. The number of aliphatic hydroxyl groups excluding tert-OH is 1. The second kappa shape index (κ2) is 18.6. The minimum atomic E-state index is -0.784. The van der Waals surface area contributed by atoms with E-state index in [4.69, 9.17) is 9.47 Å². The number of aliphatic hydroxyl groups is 1. The van der Waals surface area contributed by atoms with Crippen molar-refractivity contribution in [3.8, 4) is 11.5 Å². The number of piperidine rings is 3. The topological polar surface area (TPSA) is 150 Å². The molecule has 5 aromatic rings. The Morgan fingerprint density at radius 2 is 1.58 bits per heavy atom. The molecule has 11 heteroatoms. The average molecular weight is 774 g/mol. The Morgan fingerprint density at radius 3 is 2.37 bits per heavy atom. The van der Waals surface area contributed by atoms with Crippen molar-refractivity contribution in [1.29, 1.82) is 0 Å². The summed E-state index contributed by atoms with van der Waals surface area (Å²) in [6, 6.07) is 32.9. The normalized spacial score (nSPS) is 19.8. The van der Waals surface area contributed by atoms with Gasteiger partial charge in [0.25, 0.3) is 0 Å². The third kappa shape index (κ3) is 10.1. The van der Waals surface area contributed by atoms with Crippen LogP contribution in [0, 0.1) is 5.92 Å². The third-order valence-corrected chi connectivity index (χ3v) is 11.6. The summed E-state index contributed by atoms with van der Waals surface area (Å²) >= 11 is 0. The van der Waals surface area contributed by atoms with Gasteiger partial charge in [0, 0.05) is 42.3 Å². The predicted octanol–water partition coefficient (Wildman–Crippen LogP) is 6.80. The van der Waals surface area contributed by atoms with E-state index in [2.05, 4.69) is 15.6 Å². The summed E-state index contributed by atoms with van der Waals surface area (Å²) in [5, 5.41) is 28.0. The highest BCUT2D eigenvalue weighted by atomic mass is 16.6. The number of hydrogen-bond acceptors (Lipinski definition) is 8. The van der Waals surface area contributed by atoms with Crippen LogP contribution in [-0.4, -0.2) is 83.5 Å². The molecule has 3 aliphatic rings. The molecule has 2 bridgehead atoms. The number of nitrogens with zero attached hydrogens (tertiary/aromatic N) is 1. The Hall–Kier alpha value is -5.49. The van der Waals surface area contributed by atoms with Crippen LogP contribution in [0.5, 0.6) is 11.5 Å². The number of ether oxygens (including phenoxy) is 2. The molecule has 0 radical (unpaired) electrons. The fourth-order valence-corrected chi connectivity index (χ4v) is 8.47. The number of ketones is 1. The van der Waals surface area contributed by atoms with E-state index in [1.54, 1.807) is 12.1 Å². The van der Waals surface area contributed by atoms with Crippen LogP contribution >= 0.6 is 0 Å². The van der Waals surface area contributed by atoms with Gasteiger partial charge < -0.3 is 39.8 Å². The van der Waals surface area contributed by atoms with Crippen LogP contribution in [0.1, 0.15) is 77.7 Å². The molecule has 3 aliphatic heterocycles. The van der Waals surface area contributed by atoms with E-state index < -0.39 is 18.2 Å². The largest absolute Gasteiger partial charge is 0.506 e. The highest BCUT2D eigenvalue weighted by molar-refractivity contribution is 5.97. The van der Waals surface area contributed by atoms with E-state index in [1.807, 2.05) is 84.9 Å². The van der Waals surface area contributed by atoms with E-state index in [-0.39, 0.29) is 23.2 Å². The van der Waals surface area contributed by atoms with E-state index in [0.717, 1.165) is 80.6 Å². The maximum absolute atomic E-state index is 13.6. The number of unbranched alkanes of at least 4 members (excludes halogenated alkanes) is 3. The molecule has 57 heavy (non-hydrogen) atoms. The number of aromatic nitrogens is 1. The molecule has 1 amide bonds. The van der Waals surface area contributed by atoms with E-state index in [1.165, 1.54) is 12.1 Å². The number of aromatic hydroxyl groups is 1. The van der Waals surface area contributed by atoms with Crippen molar-refractivity contribution in [3.05, 3.63) is 142 Å². The molecule has 5 N–H and O–H groups in total. The Bertz CT molecular complexity index is 2170. The number of Topliss-reactive ketones (excluding diaryl/α,β-unsaturated/α-hetero) is 1. The number of amides is 1. The molecule has 4 aromatic carbocycles. The number of benzene rings is 4. The maximum Gasteiger partial charge on any atom is 0.408 e. The molecule has 0 aliphatic carbocycles. The number of quaternary nitrogens is 1. The fraction of sp³-hybridized carbons (Fsp3) is 0.370. The van der Waals surface area contributed by atoms with Crippen molar-refractivity contribution in [1.82, 2.24) is 15.6 Å². The molecule has 11 nitrogen and oxygen atoms in total. The first kappa shape index (κ1) is 39.7. The highest BCUT2D eigenvalue weighted by Crippen LogP contribution is 2.36. The van der Waals surface area contributed by atoms with E-state index in [9.17, 15) is 24.6 Å². The Morgan fingerprint density at radius 1 is 0.842 bits per heavy atom. The van der Waals surface area contributed by atoms with Crippen LogP contribution in [0.4, 0.5) is 4.79 Å². The summed E-state index contributed by atoms with van der Waals surface area (Å²) < 4.78 is 13.0. The third-order valence-electron chi connectivity index (χ3n) is 11.6. The number of nitrogens with one attached hydrogen (secondary N) is 3. The molecule has 2 unspecified atom stereocenters. The maximum atomic E-state index is 13.6.